The van der Waals surface area contributed by atoms with Crippen LogP contribution in [-0.2, 0) is 9.59 Å². The second-order valence-corrected chi connectivity index (χ2v) is 7.11. The van der Waals surface area contributed by atoms with Gasteiger partial charge in [0.1, 0.15) is 0 Å². The molecule has 2 aliphatic rings. The summed E-state index contributed by atoms with van der Waals surface area (Å²) in [4.78, 5) is 30.0. The number of carbonyl (C=O) groups excluding carboxylic acids is 1. The third kappa shape index (κ3) is 6.42. The molecule has 0 radical (unpaired) electrons. The van der Waals surface area contributed by atoms with E-state index in [1.54, 1.807) is 0 Å². The lowest BCUT2D eigenvalue weighted by molar-refractivity contribution is -0.139. The number of carbonyl (C=O) groups is 2. The van der Waals surface area contributed by atoms with Crippen molar-refractivity contribution >= 4 is 24.3 Å². The summed E-state index contributed by atoms with van der Waals surface area (Å²) in [6, 6.07) is 0.755. The van der Waals surface area contributed by atoms with E-state index in [1.807, 2.05) is 11.8 Å². The number of likely N-dealkylation sites (tertiary alicyclic amines) is 2. The molecule has 146 valence electrons. The Morgan fingerprint density at radius 1 is 1.08 bits per heavy atom. The van der Waals surface area contributed by atoms with Crippen LogP contribution in [0.2, 0.25) is 0 Å². The third-order valence-corrected chi connectivity index (χ3v) is 5.60. The predicted molar refractivity (Wildman–Crippen MR) is 101 cm³/mol. The molecule has 2 heterocycles. The van der Waals surface area contributed by atoms with Gasteiger partial charge in [-0.05, 0) is 45.1 Å². The molecule has 0 aromatic rings. The van der Waals surface area contributed by atoms with Crippen molar-refractivity contribution in [1.29, 1.82) is 0 Å². The van der Waals surface area contributed by atoms with E-state index < -0.39 is 5.97 Å². The molecule has 1 amide bonds. The Balaban J connectivity index is 0.00000312. The summed E-state index contributed by atoms with van der Waals surface area (Å²) in [5.41, 5.74) is 0. The van der Waals surface area contributed by atoms with E-state index >= 15 is 0 Å². The highest BCUT2D eigenvalue weighted by Gasteiger charge is 2.29. The normalized spacial score (nSPS) is 22.7. The third-order valence-electron chi connectivity index (χ3n) is 5.60. The zero-order valence-corrected chi connectivity index (χ0v) is 16.5. The summed E-state index contributed by atoms with van der Waals surface area (Å²) in [6.07, 6.45) is 6.46. The molecule has 25 heavy (non-hydrogen) atoms. The molecule has 2 aliphatic heterocycles. The van der Waals surface area contributed by atoms with E-state index in [0.717, 1.165) is 58.3 Å². The van der Waals surface area contributed by atoms with Crippen LogP contribution in [0.25, 0.3) is 0 Å². The van der Waals surface area contributed by atoms with Crippen LogP contribution in [0, 0.1) is 0 Å². The molecule has 1 atom stereocenters. The SMILES string of the molecule is CCC1CCCCN1C(=O)CN1CCC(N(CC)CC(=O)O)CC1.Cl. The average molecular weight is 376 g/mol. The Hall–Kier alpha value is -0.850. The Morgan fingerprint density at radius 3 is 2.32 bits per heavy atom. The molecule has 0 bridgehead atoms. The van der Waals surface area contributed by atoms with E-state index in [9.17, 15) is 9.59 Å². The van der Waals surface area contributed by atoms with Crippen molar-refractivity contribution < 1.29 is 14.7 Å². The summed E-state index contributed by atoms with van der Waals surface area (Å²) in [6.45, 7) is 8.27. The molecule has 2 fully saturated rings. The van der Waals surface area contributed by atoms with Crippen molar-refractivity contribution in [1.82, 2.24) is 14.7 Å². The van der Waals surface area contributed by atoms with Crippen LogP contribution in [-0.4, -0.2) is 83.0 Å². The molecule has 1 N–H and O–H groups in total. The molecular weight excluding hydrogens is 342 g/mol. The van der Waals surface area contributed by atoms with Gasteiger partial charge in [0.05, 0.1) is 13.1 Å². The van der Waals surface area contributed by atoms with Gasteiger partial charge in [-0.25, -0.2) is 0 Å². The number of hydrogen-bond donors (Lipinski definition) is 1. The van der Waals surface area contributed by atoms with Crippen molar-refractivity contribution in [3.05, 3.63) is 0 Å². The van der Waals surface area contributed by atoms with Crippen molar-refractivity contribution in [2.45, 2.75) is 64.5 Å². The fraction of sp³-hybridized carbons (Fsp3) is 0.889. The zero-order valence-electron chi connectivity index (χ0n) is 15.7. The van der Waals surface area contributed by atoms with Crippen LogP contribution < -0.4 is 0 Å². The number of piperidine rings is 2. The summed E-state index contributed by atoms with van der Waals surface area (Å²) in [5, 5.41) is 9.01. The van der Waals surface area contributed by atoms with Crippen LogP contribution in [0.15, 0.2) is 0 Å². The molecule has 0 aromatic carbocycles. The number of likely N-dealkylation sites (N-methyl/N-ethyl adjacent to an activating group) is 1. The maximum Gasteiger partial charge on any atom is 0.317 e. The molecular formula is C18H34ClN3O3. The van der Waals surface area contributed by atoms with E-state index in [0.29, 0.717) is 18.6 Å². The zero-order chi connectivity index (χ0) is 17.5. The highest BCUT2D eigenvalue weighted by atomic mass is 35.5. The summed E-state index contributed by atoms with van der Waals surface area (Å²) in [5.74, 6) is -0.483. The minimum Gasteiger partial charge on any atom is -0.480 e. The van der Waals surface area contributed by atoms with Gasteiger partial charge in [-0.1, -0.05) is 13.8 Å². The van der Waals surface area contributed by atoms with Gasteiger partial charge >= 0.3 is 5.97 Å². The monoisotopic (exact) mass is 375 g/mol. The van der Waals surface area contributed by atoms with Crippen molar-refractivity contribution in [2.24, 2.45) is 0 Å². The summed E-state index contributed by atoms with van der Waals surface area (Å²) in [7, 11) is 0. The minimum absolute atomic E-state index is 0. The average Bonchev–Trinajstić information content (AvgIpc) is 2.60. The molecule has 7 heteroatoms. The number of nitrogens with zero attached hydrogens (tertiary/aromatic N) is 3. The van der Waals surface area contributed by atoms with E-state index in [-0.39, 0.29) is 24.9 Å². The minimum atomic E-state index is -0.759. The number of rotatable bonds is 7. The van der Waals surface area contributed by atoms with E-state index in [1.165, 1.54) is 6.42 Å². The number of aliphatic carboxylic acids is 1. The molecule has 2 rings (SSSR count). The van der Waals surface area contributed by atoms with Crippen LogP contribution in [0.5, 0.6) is 0 Å². The topological polar surface area (TPSA) is 64.1 Å². The maximum atomic E-state index is 12.6. The molecule has 0 aromatic heterocycles. The molecule has 2 saturated heterocycles. The fourth-order valence-electron chi connectivity index (χ4n) is 4.15. The molecule has 0 saturated carbocycles. The Bertz CT molecular complexity index is 428. The first-order valence-corrected chi connectivity index (χ1v) is 9.52. The van der Waals surface area contributed by atoms with Gasteiger partial charge in [0.15, 0.2) is 0 Å². The van der Waals surface area contributed by atoms with Gasteiger partial charge in [0, 0.05) is 31.7 Å². The second-order valence-electron chi connectivity index (χ2n) is 7.11. The molecule has 0 aliphatic carbocycles. The lowest BCUT2D eigenvalue weighted by Crippen LogP contribution is -2.51. The highest BCUT2D eigenvalue weighted by Crippen LogP contribution is 2.21. The largest absolute Gasteiger partial charge is 0.480 e. The number of halogens is 1. The van der Waals surface area contributed by atoms with Gasteiger partial charge in [-0.3, -0.25) is 19.4 Å². The maximum absolute atomic E-state index is 12.6. The lowest BCUT2D eigenvalue weighted by Gasteiger charge is -2.39. The first kappa shape index (κ1) is 22.2. The Kier molecular flexibility index (Phi) is 9.75. The highest BCUT2D eigenvalue weighted by molar-refractivity contribution is 5.85. The van der Waals surface area contributed by atoms with Gasteiger partial charge in [-0.2, -0.15) is 0 Å². The van der Waals surface area contributed by atoms with Crippen LogP contribution in [0.1, 0.15) is 52.4 Å². The van der Waals surface area contributed by atoms with Gasteiger partial charge in [0.25, 0.3) is 0 Å². The standard InChI is InChI=1S/C18H33N3O3.ClH/c1-3-15-7-5-6-10-21(15)17(22)13-19-11-8-16(9-12-19)20(4-2)14-18(23)24;/h15-16H,3-14H2,1-2H3,(H,23,24);1H. The molecule has 6 nitrogen and oxygen atoms in total. The van der Waals surface area contributed by atoms with Crippen LogP contribution >= 0.6 is 12.4 Å². The van der Waals surface area contributed by atoms with Gasteiger partial charge in [-0.15, -0.1) is 12.4 Å². The van der Waals surface area contributed by atoms with Crippen molar-refractivity contribution in [2.75, 3.05) is 39.3 Å². The fourth-order valence-corrected chi connectivity index (χ4v) is 4.15. The van der Waals surface area contributed by atoms with Crippen LogP contribution in [0.4, 0.5) is 0 Å². The number of carboxylic acid groups (broad SMARTS) is 1. The quantitative estimate of drug-likeness (QED) is 0.738. The first-order valence-electron chi connectivity index (χ1n) is 9.52. The smallest absolute Gasteiger partial charge is 0.317 e. The first-order chi connectivity index (χ1) is 11.5. The summed E-state index contributed by atoms with van der Waals surface area (Å²) < 4.78 is 0. The second kappa shape index (κ2) is 11.0. The van der Waals surface area contributed by atoms with Gasteiger partial charge in [0.2, 0.25) is 5.91 Å². The Morgan fingerprint density at radius 2 is 1.76 bits per heavy atom. The van der Waals surface area contributed by atoms with Crippen LogP contribution in [0.3, 0.4) is 0 Å². The van der Waals surface area contributed by atoms with E-state index in [2.05, 4.69) is 16.7 Å². The van der Waals surface area contributed by atoms with Gasteiger partial charge < -0.3 is 10.0 Å². The van der Waals surface area contributed by atoms with E-state index in [4.69, 9.17) is 5.11 Å². The van der Waals surface area contributed by atoms with Crippen molar-refractivity contribution in [3.8, 4) is 0 Å². The predicted octanol–water partition coefficient (Wildman–Crippen LogP) is 2.07. The Labute approximate surface area is 157 Å². The molecule has 1 unspecified atom stereocenters. The lowest BCUT2D eigenvalue weighted by atomic mass is 9.99. The van der Waals surface area contributed by atoms with Crippen molar-refractivity contribution in [3.63, 3.8) is 0 Å². The number of carboxylic acids is 1. The molecule has 0 spiro atoms. The number of amides is 1. The number of hydrogen-bond acceptors (Lipinski definition) is 4. The summed E-state index contributed by atoms with van der Waals surface area (Å²) >= 11 is 0.